The van der Waals surface area contributed by atoms with E-state index in [0.717, 1.165) is 29.3 Å². The predicted octanol–water partition coefficient (Wildman–Crippen LogP) is 5.38. The first-order valence-electron chi connectivity index (χ1n) is 11.6. The zero-order chi connectivity index (χ0) is 24.3. The summed E-state index contributed by atoms with van der Waals surface area (Å²) in [6, 6.07) is 9.43. The zero-order valence-electron chi connectivity index (χ0n) is 19.8. The van der Waals surface area contributed by atoms with Crippen molar-refractivity contribution in [2.24, 2.45) is 5.92 Å². The van der Waals surface area contributed by atoms with Gasteiger partial charge in [0.2, 0.25) is 0 Å². The number of halogens is 1. The summed E-state index contributed by atoms with van der Waals surface area (Å²) in [7, 11) is 0. The molecule has 1 fully saturated rings. The van der Waals surface area contributed by atoms with E-state index in [1.165, 1.54) is 0 Å². The van der Waals surface area contributed by atoms with E-state index < -0.39 is 5.60 Å². The van der Waals surface area contributed by atoms with E-state index in [-0.39, 0.29) is 17.9 Å². The number of aromatic amines is 1. The number of piperidine rings is 1. The Labute approximate surface area is 204 Å². The maximum atomic E-state index is 13.0. The Balaban J connectivity index is 1.44. The van der Waals surface area contributed by atoms with Gasteiger partial charge in [0.25, 0.3) is 5.91 Å². The molecule has 8 heteroatoms. The molecule has 1 atom stereocenters. The molecular formula is C26H31ClN4O3. The molecule has 4 rings (SSSR count). The number of aromatic nitrogens is 2. The van der Waals surface area contributed by atoms with Crippen LogP contribution in [0, 0.1) is 5.92 Å². The topological polar surface area (TPSA) is 87.3 Å². The normalized spacial score (nSPS) is 15.8. The average Bonchev–Trinajstić information content (AvgIpc) is 3.29. The van der Waals surface area contributed by atoms with Gasteiger partial charge < -0.3 is 19.9 Å². The maximum absolute atomic E-state index is 13.0. The standard InChI is InChI=1S/C26H31ClN4O3/c1-26(2,3)34-25(33)31-13-9-17(10-14-31)21(18-5-4-11-28-15-18)16-30-24(32)20-6-7-22-19(23(20)27)8-12-29-22/h4-8,11-12,15,17,21,29H,9-10,13-14,16H2,1-3H3,(H,30,32). The van der Waals surface area contributed by atoms with E-state index in [9.17, 15) is 9.59 Å². The third-order valence-electron chi connectivity index (χ3n) is 6.27. The molecule has 7 nitrogen and oxygen atoms in total. The smallest absolute Gasteiger partial charge is 0.410 e. The van der Waals surface area contributed by atoms with Gasteiger partial charge in [0.05, 0.1) is 10.6 Å². The van der Waals surface area contributed by atoms with E-state index in [4.69, 9.17) is 16.3 Å². The molecular weight excluding hydrogens is 452 g/mol. The van der Waals surface area contributed by atoms with E-state index in [1.807, 2.05) is 51.2 Å². The minimum atomic E-state index is -0.513. The van der Waals surface area contributed by atoms with Gasteiger partial charge >= 0.3 is 6.09 Å². The summed E-state index contributed by atoms with van der Waals surface area (Å²) in [5.74, 6) is 0.173. The second-order valence-electron chi connectivity index (χ2n) is 9.77. The molecule has 1 aromatic carbocycles. The number of fused-ring (bicyclic) bond motifs is 1. The number of carbonyl (C=O) groups is 2. The summed E-state index contributed by atoms with van der Waals surface area (Å²) in [6.45, 7) is 7.33. The molecule has 1 aliphatic rings. The fourth-order valence-electron chi connectivity index (χ4n) is 4.53. The quantitative estimate of drug-likeness (QED) is 0.511. The summed E-state index contributed by atoms with van der Waals surface area (Å²) in [5.41, 5.74) is 1.91. The Morgan fingerprint density at radius 1 is 1.24 bits per heavy atom. The van der Waals surface area contributed by atoms with Gasteiger partial charge in [-0.05, 0) is 69.4 Å². The number of benzene rings is 1. The molecule has 0 aliphatic carbocycles. The number of hydrogen-bond acceptors (Lipinski definition) is 4. The van der Waals surface area contributed by atoms with Crippen LogP contribution in [0.2, 0.25) is 5.02 Å². The summed E-state index contributed by atoms with van der Waals surface area (Å²) < 4.78 is 5.53. The van der Waals surface area contributed by atoms with Crippen LogP contribution in [0.5, 0.6) is 0 Å². The largest absolute Gasteiger partial charge is 0.444 e. The van der Waals surface area contributed by atoms with Crippen molar-refractivity contribution in [2.75, 3.05) is 19.6 Å². The lowest BCUT2D eigenvalue weighted by atomic mass is 9.80. The first kappa shape index (κ1) is 24.1. The van der Waals surface area contributed by atoms with Crippen LogP contribution in [-0.4, -0.2) is 52.1 Å². The third kappa shape index (κ3) is 5.53. The molecule has 0 saturated carbocycles. The van der Waals surface area contributed by atoms with Crippen LogP contribution in [0.25, 0.3) is 10.9 Å². The SMILES string of the molecule is CC(C)(C)OC(=O)N1CCC(C(CNC(=O)c2ccc3[nH]ccc3c2Cl)c2cccnc2)CC1. The second-order valence-corrected chi connectivity index (χ2v) is 10.2. The van der Waals surface area contributed by atoms with E-state index in [2.05, 4.69) is 15.3 Å². The van der Waals surface area contributed by atoms with Crippen molar-refractivity contribution in [3.63, 3.8) is 0 Å². The van der Waals surface area contributed by atoms with Crippen LogP contribution < -0.4 is 5.32 Å². The van der Waals surface area contributed by atoms with Crippen LogP contribution in [0.1, 0.15) is 55.5 Å². The predicted molar refractivity (Wildman–Crippen MR) is 133 cm³/mol. The Kier molecular flexibility index (Phi) is 7.12. The van der Waals surface area contributed by atoms with Crippen molar-refractivity contribution in [1.29, 1.82) is 0 Å². The molecule has 1 saturated heterocycles. The summed E-state index contributed by atoms with van der Waals surface area (Å²) in [6.07, 6.45) is 6.79. The molecule has 3 aromatic rings. The number of hydrogen-bond donors (Lipinski definition) is 2. The van der Waals surface area contributed by atoms with Crippen molar-refractivity contribution < 1.29 is 14.3 Å². The molecule has 1 aliphatic heterocycles. The summed E-state index contributed by atoms with van der Waals surface area (Å²) in [5, 5.41) is 4.36. The lowest BCUT2D eigenvalue weighted by Gasteiger charge is -2.37. The van der Waals surface area contributed by atoms with Crippen LogP contribution in [-0.2, 0) is 4.74 Å². The number of amides is 2. The highest BCUT2D eigenvalue weighted by molar-refractivity contribution is 6.38. The number of carbonyl (C=O) groups excluding carboxylic acids is 2. The Bertz CT molecular complexity index is 1150. The maximum Gasteiger partial charge on any atom is 0.410 e. The van der Waals surface area contributed by atoms with Crippen LogP contribution in [0.15, 0.2) is 48.9 Å². The Hall–Kier alpha value is -3.06. The van der Waals surface area contributed by atoms with Crippen molar-refractivity contribution in [1.82, 2.24) is 20.2 Å². The lowest BCUT2D eigenvalue weighted by Crippen LogP contribution is -2.43. The van der Waals surface area contributed by atoms with Gasteiger partial charge in [-0.3, -0.25) is 9.78 Å². The molecule has 0 bridgehead atoms. The Morgan fingerprint density at radius 2 is 2.00 bits per heavy atom. The second kappa shape index (κ2) is 10.1. The Morgan fingerprint density at radius 3 is 2.68 bits per heavy atom. The molecule has 34 heavy (non-hydrogen) atoms. The van der Waals surface area contributed by atoms with E-state index in [0.29, 0.717) is 36.1 Å². The number of likely N-dealkylation sites (tertiary alicyclic amines) is 1. The molecule has 180 valence electrons. The fraction of sp³-hybridized carbons (Fsp3) is 0.423. The molecule has 2 N–H and O–H groups in total. The van der Waals surface area contributed by atoms with Gasteiger partial charge in [-0.1, -0.05) is 17.7 Å². The fourth-order valence-corrected chi connectivity index (χ4v) is 4.85. The lowest BCUT2D eigenvalue weighted by molar-refractivity contribution is 0.0174. The minimum Gasteiger partial charge on any atom is -0.444 e. The molecule has 0 spiro atoms. The van der Waals surface area contributed by atoms with Gasteiger partial charge in [-0.2, -0.15) is 0 Å². The highest BCUT2D eigenvalue weighted by Crippen LogP contribution is 2.33. The van der Waals surface area contributed by atoms with Crippen molar-refractivity contribution in [3.8, 4) is 0 Å². The highest BCUT2D eigenvalue weighted by atomic mass is 35.5. The van der Waals surface area contributed by atoms with Gasteiger partial charge in [0.1, 0.15) is 5.60 Å². The number of rotatable bonds is 5. The summed E-state index contributed by atoms with van der Waals surface area (Å²) in [4.78, 5) is 34.7. The highest BCUT2D eigenvalue weighted by Gasteiger charge is 2.32. The first-order chi connectivity index (χ1) is 16.2. The van der Waals surface area contributed by atoms with E-state index in [1.54, 1.807) is 23.4 Å². The number of nitrogens with one attached hydrogen (secondary N) is 2. The number of H-pyrrole nitrogens is 1. The zero-order valence-corrected chi connectivity index (χ0v) is 20.6. The van der Waals surface area contributed by atoms with Crippen molar-refractivity contribution in [3.05, 3.63) is 65.1 Å². The third-order valence-corrected chi connectivity index (χ3v) is 6.68. The van der Waals surface area contributed by atoms with Crippen LogP contribution in [0.4, 0.5) is 4.79 Å². The number of nitrogens with zero attached hydrogens (tertiary/aromatic N) is 2. The molecule has 3 heterocycles. The first-order valence-corrected chi connectivity index (χ1v) is 12.0. The number of ether oxygens (including phenoxy) is 1. The van der Waals surface area contributed by atoms with Crippen LogP contribution >= 0.6 is 11.6 Å². The monoisotopic (exact) mass is 482 g/mol. The molecule has 2 amide bonds. The number of pyridine rings is 1. The summed E-state index contributed by atoms with van der Waals surface area (Å²) >= 11 is 6.51. The van der Waals surface area contributed by atoms with Crippen molar-refractivity contribution in [2.45, 2.75) is 45.1 Å². The molecule has 1 unspecified atom stereocenters. The van der Waals surface area contributed by atoms with E-state index >= 15 is 0 Å². The van der Waals surface area contributed by atoms with Crippen molar-refractivity contribution >= 4 is 34.5 Å². The minimum absolute atomic E-state index is 0.0770. The van der Waals surface area contributed by atoms with Gasteiger partial charge in [-0.15, -0.1) is 0 Å². The van der Waals surface area contributed by atoms with Gasteiger partial charge in [-0.25, -0.2) is 4.79 Å². The molecule has 0 radical (unpaired) electrons. The van der Waals surface area contributed by atoms with Crippen LogP contribution in [0.3, 0.4) is 0 Å². The van der Waals surface area contributed by atoms with Gasteiger partial charge in [0, 0.05) is 55.0 Å². The molecule has 2 aromatic heterocycles. The average molecular weight is 483 g/mol. The van der Waals surface area contributed by atoms with Gasteiger partial charge in [0.15, 0.2) is 0 Å².